The lowest BCUT2D eigenvalue weighted by molar-refractivity contribution is -0.137. The van der Waals surface area contributed by atoms with E-state index in [9.17, 15) is 13.2 Å². The number of alkyl halides is 3. The number of hydrogen-bond donors (Lipinski definition) is 1. The Kier molecular flexibility index (Phi) is 3.45. The molecule has 2 aliphatic rings. The molecule has 16 heavy (non-hydrogen) atoms. The van der Waals surface area contributed by atoms with Gasteiger partial charge >= 0.3 is 6.18 Å². The maximum Gasteiger partial charge on any atom is 0.389 e. The van der Waals surface area contributed by atoms with Crippen molar-refractivity contribution < 1.29 is 17.9 Å². The third-order valence-corrected chi connectivity index (χ3v) is 3.78. The van der Waals surface area contributed by atoms with Crippen molar-refractivity contribution in [3.05, 3.63) is 0 Å². The number of hydrogen-bond acceptors (Lipinski definition) is 2. The zero-order chi connectivity index (χ0) is 11.8. The standard InChI is InChI=1S/C11H18F3NO/c1-15-9(4-5-11(12,13)14)8-6-7-2-3-10(8)16-7/h7-10,15H,2-6H2,1H3. The second kappa shape index (κ2) is 4.53. The van der Waals surface area contributed by atoms with E-state index in [0.717, 1.165) is 19.3 Å². The molecule has 2 aliphatic heterocycles. The maximum absolute atomic E-state index is 12.2. The maximum atomic E-state index is 12.2. The van der Waals surface area contributed by atoms with E-state index in [-0.39, 0.29) is 24.5 Å². The number of fused-ring (bicyclic) bond motifs is 2. The van der Waals surface area contributed by atoms with E-state index >= 15 is 0 Å². The van der Waals surface area contributed by atoms with Gasteiger partial charge in [-0.1, -0.05) is 0 Å². The van der Waals surface area contributed by atoms with Crippen molar-refractivity contribution >= 4 is 0 Å². The Morgan fingerprint density at radius 2 is 2.12 bits per heavy atom. The molecule has 2 fully saturated rings. The quantitative estimate of drug-likeness (QED) is 0.811. The Bertz CT molecular complexity index is 244. The average Bonchev–Trinajstić information content (AvgIpc) is 2.78. The molecule has 0 spiro atoms. The van der Waals surface area contributed by atoms with Gasteiger partial charge in [0.1, 0.15) is 0 Å². The molecule has 2 bridgehead atoms. The van der Waals surface area contributed by atoms with E-state index in [4.69, 9.17) is 4.74 Å². The summed E-state index contributed by atoms with van der Waals surface area (Å²) in [4.78, 5) is 0. The van der Waals surface area contributed by atoms with Crippen molar-refractivity contribution in [3.8, 4) is 0 Å². The van der Waals surface area contributed by atoms with Crippen LogP contribution >= 0.6 is 0 Å². The molecule has 0 aromatic heterocycles. The first kappa shape index (κ1) is 12.2. The molecule has 0 aromatic carbocycles. The monoisotopic (exact) mass is 237 g/mol. The average molecular weight is 237 g/mol. The third kappa shape index (κ3) is 2.69. The smallest absolute Gasteiger partial charge is 0.375 e. The third-order valence-electron chi connectivity index (χ3n) is 3.78. The lowest BCUT2D eigenvalue weighted by atomic mass is 9.82. The van der Waals surface area contributed by atoms with Crippen LogP contribution in [0.3, 0.4) is 0 Å². The van der Waals surface area contributed by atoms with Crippen LogP contribution in [0.25, 0.3) is 0 Å². The molecule has 2 heterocycles. The summed E-state index contributed by atoms with van der Waals surface area (Å²) in [7, 11) is 1.74. The first-order valence-electron chi connectivity index (χ1n) is 5.89. The van der Waals surface area contributed by atoms with Gasteiger partial charge in [-0.05, 0) is 32.7 Å². The van der Waals surface area contributed by atoms with Gasteiger partial charge in [0.15, 0.2) is 0 Å². The first-order chi connectivity index (χ1) is 7.49. The van der Waals surface area contributed by atoms with E-state index in [1.807, 2.05) is 0 Å². The van der Waals surface area contributed by atoms with E-state index in [2.05, 4.69) is 5.32 Å². The van der Waals surface area contributed by atoms with Crippen molar-refractivity contribution in [1.82, 2.24) is 5.32 Å². The van der Waals surface area contributed by atoms with E-state index < -0.39 is 12.6 Å². The largest absolute Gasteiger partial charge is 0.389 e. The van der Waals surface area contributed by atoms with Crippen LogP contribution in [0, 0.1) is 5.92 Å². The molecule has 4 atom stereocenters. The minimum Gasteiger partial charge on any atom is -0.375 e. The van der Waals surface area contributed by atoms with Crippen molar-refractivity contribution in [1.29, 1.82) is 0 Å². The zero-order valence-corrected chi connectivity index (χ0v) is 9.39. The van der Waals surface area contributed by atoms with Crippen LogP contribution in [0.2, 0.25) is 0 Å². The van der Waals surface area contributed by atoms with Crippen LogP contribution in [-0.2, 0) is 4.74 Å². The minimum atomic E-state index is -4.05. The summed E-state index contributed by atoms with van der Waals surface area (Å²) in [6.45, 7) is 0. The Hall–Kier alpha value is -0.290. The van der Waals surface area contributed by atoms with E-state index in [0.29, 0.717) is 6.10 Å². The molecular formula is C11H18F3NO. The fourth-order valence-electron chi connectivity index (χ4n) is 2.99. The fraction of sp³-hybridized carbons (Fsp3) is 1.00. The highest BCUT2D eigenvalue weighted by Gasteiger charge is 2.44. The van der Waals surface area contributed by atoms with Gasteiger partial charge in [-0.15, -0.1) is 0 Å². The van der Waals surface area contributed by atoms with E-state index in [1.54, 1.807) is 7.05 Å². The Morgan fingerprint density at radius 3 is 2.56 bits per heavy atom. The van der Waals surface area contributed by atoms with Gasteiger partial charge < -0.3 is 10.1 Å². The van der Waals surface area contributed by atoms with Gasteiger partial charge in [-0.3, -0.25) is 0 Å². The summed E-state index contributed by atoms with van der Waals surface area (Å²) in [5.41, 5.74) is 0. The minimum absolute atomic E-state index is 0.0584. The summed E-state index contributed by atoms with van der Waals surface area (Å²) in [5, 5.41) is 3.02. The molecule has 5 heteroatoms. The van der Waals surface area contributed by atoms with Crippen LogP contribution in [0.15, 0.2) is 0 Å². The first-order valence-corrected chi connectivity index (χ1v) is 5.89. The molecule has 0 amide bonds. The molecule has 0 saturated carbocycles. The van der Waals surface area contributed by atoms with Crippen molar-refractivity contribution in [3.63, 3.8) is 0 Å². The molecule has 0 aromatic rings. The Labute approximate surface area is 93.5 Å². The van der Waals surface area contributed by atoms with Crippen LogP contribution in [0.1, 0.15) is 32.1 Å². The highest BCUT2D eigenvalue weighted by Crippen LogP contribution is 2.41. The van der Waals surface area contributed by atoms with Crippen molar-refractivity contribution in [2.75, 3.05) is 7.05 Å². The number of rotatable bonds is 4. The molecule has 4 unspecified atom stereocenters. The normalized spacial score (nSPS) is 35.6. The summed E-state index contributed by atoms with van der Waals surface area (Å²) >= 11 is 0. The summed E-state index contributed by atoms with van der Waals surface area (Å²) in [6.07, 6.45) is -1.07. The lowest BCUT2D eigenvalue weighted by Gasteiger charge is -2.28. The molecular weight excluding hydrogens is 219 g/mol. The predicted molar refractivity (Wildman–Crippen MR) is 54.1 cm³/mol. The summed E-state index contributed by atoms with van der Waals surface area (Å²) in [6, 6.07) is -0.0584. The second-order valence-corrected chi connectivity index (χ2v) is 4.82. The van der Waals surface area contributed by atoms with Crippen LogP contribution in [-0.4, -0.2) is 31.5 Å². The summed E-state index contributed by atoms with van der Waals surface area (Å²) < 4.78 is 42.2. The van der Waals surface area contributed by atoms with Gasteiger partial charge in [0.25, 0.3) is 0 Å². The molecule has 94 valence electrons. The molecule has 2 rings (SSSR count). The van der Waals surface area contributed by atoms with Crippen molar-refractivity contribution in [2.24, 2.45) is 5.92 Å². The fourth-order valence-corrected chi connectivity index (χ4v) is 2.99. The molecule has 0 aliphatic carbocycles. The van der Waals surface area contributed by atoms with Gasteiger partial charge in [0.2, 0.25) is 0 Å². The van der Waals surface area contributed by atoms with Crippen molar-refractivity contribution in [2.45, 2.75) is 56.5 Å². The number of ether oxygens (including phenoxy) is 1. The number of nitrogens with one attached hydrogen (secondary N) is 1. The lowest BCUT2D eigenvalue weighted by Crippen LogP contribution is -2.39. The Balaban J connectivity index is 1.86. The summed E-state index contributed by atoms with van der Waals surface area (Å²) in [5.74, 6) is 0.270. The predicted octanol–water partition coefficient (Wildman–Crippen LogP) is 2.48. The molecule has 1 N–H and O–H groups in total. The topological polar surface area (TPSA) is 21.3 Å². The van der Waals surface area contributed by atoms with Crippen LogP contribution in [0.4, 0.5) is 13.2 Å². The highest BCUT2D eigenvalue weighted by atomic mass is 19.4. The Morgan fingerprint density at radius 1 is 1.38 bits per heavy atom. The van der Waals surface area contributed by atoms with Gasteiger partial charge in [-0.25, -0.2) is 0 Å². The van der Waals surface area contributed by atoms with Crippen LogP contribution in [0.5, 0.6) is 0 Å². The highest BCUT2D eigenvalue weighted by molar-refractivity contribution is 4.94. The van der Waals surface area contributed by atoms with Crippen LogP contribution < -0.4 is 5.32 Å². The number of halogens is 3. The second-order valence-electron chi connectivity index (χ2n) is 4.82. The zero-order valence-electron chi connectivity index (χ0n) is 9.39. The van der Waals surface area contributed by atoms with Gasteiger partial charge in [0.05, 0.1) is 12.2 Å². The van der Waals surface area contributed by atoms with Gasteiger partial charge in [0, 0.05) is 18.4 Å². The van der Waals surface area contributed by atoms with Gasteiger partial charge in [-0.2, -0.15) is 13.2 Å². The SMILES string of the molecule is CNC(CCC(F)(F)F)C1CC2CCC1O2. The molecule has 0 radical (unpaired) electrons. The van der Waals surface area contributed by atoms with E-state index in [1.165, 1.54) is 0 Å². The molecule has 2 nitrogen and oxygen atoms in total. The molecule has 2 saturated heterocycles.